The number of anilines is 2. The van der Waals surface area contributed by atoms with Crippen LogP contribution in [-0.4, -0.2) is 19.1 Å². The highest BCUT2D eigenvalue weighted by molar-refractivity contribution is 14.1. The van der Waals surface area contributed by atoms with E-state index in [9.17, 15) is 4.79 Å². The van der Waals surface area contributed by atoms with Crippen LogP contribution in [-0.2, 0) is 9.53 Å². The van der Waals surface area contributed by atoms with Gasteiger partial charge in [-0.2, -0.15) is 0 Å². The molecule has 4 nitrogen and oxygen atoms in total. The van der Waals surface area contributed by atoms with Crippen molar-refractivity contribution in [2.75, 3.05) is 24.2 Å². The Bertz CT molecular complexity index is 369. The van der Waals surface area contributed by atoms with E-state index in [1.165, 1.54) is 0 Å². The van der Waals surface area contributed by atoms with Crippen molar-refractivity contribution in [3.05, 3.63) is 21.8 Å². The molecule has 1 aromatic rings. The van der Waals surface area contributed by atoms with E-state index in [0.29, 0.717) is 25.3 Å². The summed E-state index contributed by atoms with van der Waals surface area (Å²) in [5.74, 6) is -0.195. The lowest BCUT2D eigenvalue weighted by atomic mass is 10.2. The lowest BCUT2D eigenvalue weighted by molar-refractivity contribution is -0.142. The average molecular weight is 334 g/mol. The van der Waals surface area contributed by atoms with E-state index >= 15 is 0 Å². The fourth-order valence-corrected chi connectivity index (χ4v) is 1.74. The van der Waals surface area contributed by atoms with Crippen LogP contribution in [0.25, 0.3) is 0 Å². The smallest absolute Gasteiger partial charge is 0.307 e. The minimum Gasteiger partial charge on any atom is -0.466 e. The number of carbonyl (C=O) groups is 1. The summed E-state index contributed by atoms with van der Waals surface area (Å²) in [5.41, 5.74) is 7.36. The molecule has 0 aliphatic carbocycles. The zero-order chi connectivity index (χ0) is 12.0. The molecule has 0 heterocycles. The number of nitrogens with one attached hydrogen (secondary N) is 1. The SMILES string of the molecule is CCOC(=O)CCNc1ccc(I)cc1N. The molecule has 0 fully saturated rings. The Balaban J connectivity index is 2.40. The van der Waals surface area contributed by atoms with Gasteiger partial charge in [0.15, 0.2) is 0 Å². The number of esters is 1. The quantitative estimate of drug-likeness (QED) is 0.492. The largest absolute Gasteiger partial charge is 0.466 e. The van der Waals surface area contributed by atoms with E-state index in [2.05, 4.69) is 27.9 Å². The normalized spacial score (nSPS) is 9.88. The number of hydrogen-bond acceptors (Lipinski definition) is 4. The van der Waals surface area contributed by atoms with Gasteiger partial charge < -0.3 is 15.8 Å². The molecule has 3 N–H and O–H groups in total. The third-order valence-electron chi connectivity index (χ3n) is 1.96. The topological polar surface area (TPSA) is 64.3 Å². The zero-order valence-electron chi connectivity index (χ0n) is 9.13. The highest BCUT2D eigenvalue weighted by Crippen LogP contribution is 2.20. The lowest BCUT2D eigenvalue weighted by Crippen LogP contribution is -2.12. The Morgan fingerprint density at radius 3 is 2.94 bits per heavy atom. The van der Waals surface area contributed by atoms with Crippen molar-refractivity contribution in [3.8, 4) is 0 Å². The van der Waals surface area contributed by atoms with Crippen molar-refractivity contribution in [1.82, 2.24) is 0 Å². The van der Waals surface area contributed by atoms with Crippen molar-refractivity contribution >= 4 is 39.9 Å². The molecule has 1 aromatic carbocycles. The van der Waals surface area contributed by atoms with Crippen LogP contribution in [0, 0.1) is 3.57 Å². The van der Waals surface area contributed by atoms with Gasteiger partial charge in [0.2, 0.25) is 0 Å². The number of ether oxygens (including phenoxy) is 1. The number of nitrogen functional groups attached to an aromatic ring is 1. The first-order valence-corrected chi connectivity index (χ1v) is 6.16. The monoisotopic (exact) mass is 334 g/mol. The maximum Gasteiger partial charge on any atom is 0.307 e. The molecule has 0 aliphatic heterocycles. The predicted octanol–water partition coefficient (Wildman–Crippen LogP) is 2.24. The van der Waals surface area contributed by atoms with Gasteiger partial charge in [0, 0.05) is 10.1 Å². The molecule has 0 aromatic heterocycles. The van der Waals surface area contributed by atoms with Gasteiger partial charge in [-0.15, -0.1) is 0 Å². The molecule has 0 aliphatic rings. The maximum atomic E-state index is 11.1. The fraction of sp³-hybridized carbons (Fsp3) is 0.364. The van der Waals surface area contributed by atoms with Crippen molar-refractivity contribution in [3.63, 3.8) is 0 Å². The summed E-state index contributed by atoms with van der Waals surface area (Å²) < 4.78 is 5.91. The second kappa shape index (κ2) is 6.57. The molecule has 1 rings (SSSR count). The summed E-state index contributed by atoms with van der Waals surface area (Å²) in [4.78, 5) is 11.1. The maximum absolute atomic E-state index is 11.1. The Kier molecular flexibility index (Phi) is 5.37. The first-order valence-electron chi connectivity index (χ1n) is 5.08. The molecular formula is C11H15IN2O2. The zero-order valence-corrected chi connectivity index (χ0v) is 11.3. The number of carbonyl (C=O) groups excluding carboxylic acids is 1. The van der Waals surface area contributed by atoms with E-state index in [1.807, 2.05) is 18.2 Å². The van der Waals surface area contributed by atoms with Crippen LogP contribution >= 0.6 is 22.6 Å². The lowest BCUT2D eigenvalue weighted by Gasteiger charge is -2.09. The van der Waals surface area contributed by atoms with Gasteiger partial charge in [-0.25, -0.2) is 0 Å². The van der Waals surface area contributed by atoms with Gasteiger partial charge in [0.05, 0.1) is 24.4 Å². The summed E-state index contributed by atoms with van der Waals surface area (Å²) in [5, 5.41) is 3.10. The second-order valence-corrected chi connectivity index (χ2v) is 4.46. The number of hydrogen-bond donors (Lipinski definition) is 2. The van der Waals surface area contributed by atoms with Crippen LogP contribution in [0.5, 0.6) is 0 Å². The third kappa shape index (κ3) is 4.26. The van der Waals surface area contributed by atoms with E-state index in [-0.39, 0.29) is 5.97 Å². The summed E-state index contributed by atoms with van der Waals surface area (Å²) in [7, 11) is 0. The van der Waals surface area contributed by atoms with Crippen LogP contribution in [0.1, 0.15) is 13.3 Å². The molecule has 0 saturated carbocycles. The van der Waals surface area contributed by atoms with Gasteiger partial charge in [0.1, 0.15) is 0 Å². The summed E-state index contributed by atoms with van der Waals surface area (Å²) in [6.07, 6.45) is 0.346. The van der Waals surface area contributed by atoms with Gasteiger partial charge in [-0.1, -0.05) is 0 Å². The van der Waals surface area contributed by atoms with Gasteiger partial charge >= 0.3 is 5.97 Å². The van der Waals surface area contributed by atoms with Crippen LogP contribution in [0.2, 0.25) is 0 Å². The van der Waals surface area contributed by atoms with E-state index in [0.717, 1.165) is 9.26 Å². The highest BCUT2D eigenvalue weighted by Gasteiger charge is 2.02. The van der Waals surface area contributed by atoms with Crippen molar-refractivity contribution in [1.29, 1.82) is 0 Å². The van der Waals surface area contributed by atoms with Gasteiger partial charge in [0.25, 0.3) is 0 Å². The molecule has 0 bridgehead atoms. The van der Waals surface area contributed by atoms with Crippen LogP contribution in [0.15, 0.2) is 18.2 Å². The van der Waals surface area contributed by atoms with Gasteiger partial charge in [-0.05, 0) is 47.7 Å². The van der Waals surface area contributed by atoms with Crippen LogP contribution in [0.3, 0.4) is 0 Å². The van der Waals surface area contributed by atoms with Crippen molar-refractivity contribution in [2.24, 2.45) is 0 Å². The Labute approximate surface area is 109 Å². The standard InChI is InChI=1S/C11H15IN2O2/c1-2-16-11(15)5-6-14-10-4-3-8(12)7-9(10)13/h3-4,7,14H,2,5-6,13H2,1H3. The van der Waals surface area contributed by atoms with E-state index in [1.54, 1.807) is 6.92 Å². The molecule has 0 amide bonds. The molecule has 0 saturated heterocycles. The third-order valence-corrected chi connectivity index (χ3v) is 2.63. The van der Waals surface area contributed by atoms with Crippen LogP contribution < -0.4 is 11.1 Å². The number of benzene rings is 1. The Morgan fingerprint density at radius 1 is 1.56 bits per heavy atom. The highest BCUT2D eigenvalue weighted by atomic mass is 127. The molecule has 0 spiro atoms. The number of nitrogens with two attached hydrogens (primary N) is 1. The minimum atomic E-state index is -0.195. The molecule has 0 unspecified atom stereocenters. The van der Waals surface area contributed by atoms with Gasteiger partial charge in [-0.3, -0.25) is 4.79 Å². The molecule has 5 heteroatoms. The first-order chi connectivity index (χ1) is 7.63. The Morgan fingerprint density at radius 2 is 2.31 bits per heavy atom. The number of rotatable bonds is 5. The first kappa shape index (κ1) is 13.1. The van der Waals surface area contributed by atoms with E-state index < -0.39 is 0 Å². The number of halogens is 1. The molecular weight excluding hydrogens is 319 g/mol. The summed E-state index contributed by atoms with van der Waals surface area (Å²) >= 11 is 2.20. The van der Waals surface area contributed by atoms with Crippen molar-refractivity contribution < 1.29 is 9.53 Å². The van der Waals surface area contributed by atoms with Crippen LogP contribution in [0.4, 0.5) is 11.4 Å². The van der Waals surface area contributed by atoms with Crippen molar-refractivity contribution in [2.45, 2.75) is 13.3 Å². The summed E-state index contributed by atoms with van der Waals surface area (Å²) in [6, 6.07) is 5.75. The second-order valence-electron chi connectivity index (χ2n) is 3.21. The Hall–Kier alpha value is -0.980. The summed E-state index contributed by atoms with van der Waals surface area (Å²) in [6.45, 7) is 2.75. The molecule has 88 valence electrons. The average Bonchev–Trinajstić information content (AvgIpc) is 2.22. The van der Waals surface area contributed by atoms with E-state index in [4.69, 9.17) is 10.5 Å². The molecule has 0 atom stereocenters. The molecule has 0 radical (unpaired) electrons. The minimum absolute atomic E-state index is 0.195. The predicted molar refractivity (Wildman–Crippen MR) is 73.3 cm³/mol. The fourth-order valence-electron chi connectivity index (χ4n) is 1.23. The molecule has 16 heavy (non-hydrogen) atoms.